The van der Waals surface area contributed by atoms with Crippen LogP contribution in [-0.2, 0) is 11.2 Å². The second-order valence-electron chi connectivity index (χ2n) is 4.99. The second kappa shape index (κ2) is 8.26. The zero-order valence-electron chi connectivity index (χ0n) is 12.7. The highest BCUT2D eigenvalue weighted by molar-refractivity contribution is 5.96. The lowest BCUT2D eigenvalue weighted by Crippen LogP contribution is -2.43. The monoisotopic (exact) mass is 293 g/mol. The van der Waals surface area contributed by atoms with Gasteiger partial charge in [-0.15, -0.1) is 0 Å². The van der Waals surface area contributed by atoms with E-state index in [2.05, 4.69) is 10.6 Å². The topological polar surface area (TPSA) is 93.5 Å². The summed E-state index contributed by atoms with van der Waals surface area (Å²) in [4.78, 5) is 22.7. The summed E-state index contributed by atoms with van der Waals surface area (Å²) in [7, 11) is 1.44. The van der Waals surface area contributed by atoms with Gasteiger partial charge in [-0.1, -0.05) is 12.1 Å². The summed E-state index contributed by atoms with van der Waals surface area (Å²) in [6.45, 7) is 3.56. The zero-order chi connectivity index (χ0) is 15.8. The average Bonchev–Trinajstić information content (AvgIpc) is 2.46. The van der Waals surface area contributed by atoms with E-state index >= 15 is 0 Å². The van der Waals surface area contributed by atoms with Crippen LogP contribution in [0.4, 0.5) is 4.79 Å². The second-order valence-corrected chi connectivity index (χ2v) is 4.99. The van der Waals surface area contributed by atoms with Crippen LogP contribution in [-0.4, -0.2) is 31.1 Å². The van der Waals surface area contributed by atoms with Crippen molar-refractivity contribution in [1.29, 1.82) is 0 Å². The van der Waals surface area contributed by atoms with Crippen molar-refractivity contribution in [1.82, 2.24) is 10.6 Å². The maximum atomic E-state index is 11.7. The van der Waals surface area contributed by atoms with Gasteiger partial charge in [0.15, 0.2) is 6.10 Å². The normalized spacial score (nSPS) is 13.1. The average molecular weight is 293 g/mol. The molecule has 4 N–H and O–H groups in total. The summed E-state index contributed by atoms with van der Waals surface area (Å²) >= 11 is 0. The van der Waals surface area contributed by atoms with Crippen LogP contribution < -0.4 is 21.1 Å². The highest BCUT2D eigenvalue weighted by Crippen LogP contribution is 2.15. The van der Waals surface area contributed by atoms with Crippen LogP contribution in [0.2, 0.25) is 0 Å². The Morgan fingerprint density at radius 2 is 1.86 bits per heavy atom. The summed E-state index contributed by atoms with van der Waals surface area (Å²) in [5, 5.41) is 4.47. The molecule has 6 nitrogen and oxygen atoms in total. The Morgan fingerprint density at radius 3 is 2.38 bits per heavy atom. The molecule has 0 saturated heterocycles. The first-order chi connectivity index (χ1) is 9.92. The number of hydrogen-bond donors (Lipinski definition) is 3. The first-order valence-electron chi connectivity index (χ1n) is 6.96. The molecule has 0 aliphatic rings. The third-order valence-corrected chi connectivity index (χ3v) is 2.96. The third-order valence-electron chi connectivity index (χ3n) is 2.96. The number of nitrogens with two attached hydrogens (primary N) is 1. The number of hydrogen-bond acceptors (Lipinski definition) is 4. The Balaban J connectivity index is 2.51. The molecule has 0 radical (unpaired) electrons. The standard InChI is InChI=1S/C15H23N3O3/c1-10(16)4-5-12-6-8-13(9-7-12)21-11(2)14(19)18-15(20)17-3/h6-11H,4-5,16H2,1-3H3,(H2,17,18,19,20). The number of carbonyl (C=O) groups excluding carboxylic acids is 2. The number of imide groups is 1. The molecule has 0 aliphatic carbocycles. The molecule has 0 saturated carbocycles. The van der Waals surface area contributed by atoms with Crippen molar-refractivity contribution >= 4 is 11.9 Å². The summed E-state index contributed by atoms with van der Waals surface area (Å²) in [5.41, 5.74) is 6.89. The highest BCUT2D eigenvalue weighted by Gasteiger charge is 2.16. The number of rotatable bonds is 6. The molecule has 1 rings (SSSR count). The predicted octanol–water partition coefficient (Wildman–Crippen LogP) is 1.19. The molecule has 2 unspecified atom stereocenters. The van der Waals surface area contributed by atoms with Gasteiger partial charge in [-0.2, -0.15) is 0 Å². The molecular weight excluding hydrogens is 270 g/mol. The van der Waals surface area contributed by atoms with Gasteiger partial charge in [0.2, 0.25) is 0 Å². The van der Waals surface area contributed by atoms with Crippen molar-refractivity contribution in [3.8, 4) is 5.75 Å². The summed E-state index contributed by atoms with van der Waals surface area (Å²) in [5.74, 6) is 0.0921. The minimum atomic E-state index is -0.753. The van der Waals surface area contributed by atoms with Gasteiger partial charge in [0.1, 0.15) is 5.75 Å². The van der Waals surface area contributed by atoms with Crippen LogP contribution in [0.5, 0.6) is 5.75 Å². The quantitative estimate of drug-likeness (QED) is 0.734. The number of ether oxygens (including phenoxy) is 1. The molecule has 6 heteroatoms. The van der Waals surface area contributed by atoms with Crippen molar-refractivity contribution in [3.63, 3.8) is 0 Å². The molecule has 0 fully saturated rings. The van der Waals surface area contributed by atoms with Crippen molar-refractivity contribution < 1.29 is 14.3 Å². The van der Waals surface area contributed by atoms with E-state index in [9.17, 15) is 9.59 Å². The van der Waals surface area contributed by atoms with Crippen molar-refractivity contribution in [2.45, 2.75) is 38.8 Å². The van der Waals surface area contributed by atoms with E-state index in [0.717, 1.165) is 12.8 Å². The SMILES string of the molecule is CNC(=O)NC(=O)C(C)Oc1ccc(CCC(C)N)cc1. The predicted molar refractivity (Wildman–Crippen MR) is 81.1 cm³/mol. The van der Waals surface area contributed by atoms with Gasteiger partial charge >= 0.3 is 6.03 Å². The lowest BCUT2D eigenvalue weighted by atomic mass is 10.1. The molecule has 0 aromatic heterocycles. The molecule has 116 valence electrons. The number of nitrogens with one attached hydrogen (secondary N) is 2. The first kappa shape index (κ1) is 17.0. The molecule has 1 aromatic carbocycles. The van der Waals surface area contributed by atoms with Gasteiger partial charge in [-0.3, -0.25) is 10.1 Å². The Labute approximate surface area is 125 Å². The van der Waals surface area contributed by atoms with Crippen molar-refractivity contribution in [2.75, 3.05) is 7.05 Å². The van der Waals surface area contributed by atoms with Crippen LogP contribution >= 0.6 is 0 Å². The maximum absolute atomic E-state index is 11.7. The minimum absolute atomic E-state index is 0.175. The van der Waals surface area contributed by atoms with Gasteiger partial charge in [-0.05, 0) is 44.4 Å². The molecule has 0 heterocycles. The van der Waals surface area contributed by atoms with E-state index in [-0.39, 0.29) is 6.04 Å². The van der Waals surface area contributed by atoms with Gasteiger partial charge in [0.05, 0.1) is 0 Å². The van der Waals surface area contributed by atoms with Gasteiger partial charge in [-0.25, -0.2) is 4.79 Å². The molecule has 0 bridgehead atoms. The van der Waals surface area contributed by atoms with Gasteiger partial charge < -0.3 is 15.8 Å². The third kappa shape index (κ3) is 6.27. The van der Waals surface area contributed by atoms with E-state index in [1.165, 1.54) is 12.6 Å². The smallest absolute Gasteiger partial charge is 0.321 e. The van der Waals surface area contributed by atoms with Gasteiger partial charge in [0.25, 0.3) is 5.91 Å². The Morgan fingerprint density at radius 1 is 1.24 bits per heavy atom. The van der Waals surface area contributed by atoms with Crippen LogP contribution in [0.25, 0.3) is 0 Å². The fourth-order valence-electron chi connectivity index (χ4n) is 1.66. The Kier molecular flexibility index (Phi) is 6.68. The maximum Gasteiger partial charge on any atom is 0.321 e. The van der Waals surface area contributed by atoms with Crippen LogP contribution in [0.15, 0.2) is 24.3 Å². The largest absolute Gasteiger partial charge is 0.481 e. The van der Waals surface area contributed by atoms with E-state index in [1.807, 2.05) is 19.1 Å². The number of benzene rings is 1. The number of aryl methyl sites for hydroxylation is 1. The van der Waals surface area contributed by atoms with Crippen LogP contribution in [0.3, 0.4) is 0 Å². The molecule has 2 atom stereocenters. The van der Waals surface area contributed by atoms with E-state index < -0.39 is 18.0 Å². The summed E-state index contributed by atoms with van der Waals surface area (Å²) in [6, 6.07) is 7.12. The Hall–Kier alpha value is -2.08. The first-order valence-corrected chi connectivity index (χ1v) is 6.96. The molecule has 1 aromatic rings. The molecular formula is C15H23N3O3. The molecule has 0 aliphatic heterocycles. The fourth-order valence-corrected chi connectivity index (χ4v) is 1.66. The van der Waals surface area contributed by atoms with E-state index in [4.69, 9.17) is 10.5 Å². The number of carbonyl (C=O) groups is 2. The van der Waals surface area contributed by atoms with E-state index in [0.29, 0.717) is 5.75 Å². The number of urea groups is 1. The molecule has 3 amide bonds. The molecule has 21 heavy (non-hydrogen) atoms. The van der Waals surface area contributed by atoms with Crippen LogP contribution in [0.1, 0.15) is 25.8 Å². The van der Waals surface area contributed by atoms with Crippen molar-refractivity contribution in [2.24, 2.45) is 5.73 Å². The van der Waals surface area contributed by atoms with Crippen LogP contribution in [0, 0.1) is 0 Å². The minimum Gasteiger partial charge on any atom is -0.481 e. The van der Waals surface area contributed by atoms with E-state index in [1.54, 1.807) is 19.1 Å². The Bertz CT molecular complexity index is 472. The summed E-state index contributed by atoms with van der Waals surface area (Å²) in [6.07, 6.45) is 1.08. The zero-order valence-corrected chi connectivity index (χ0v) is 12.7. The number of amides is 3. The van der Waals surface area contributed by atoms with Gasteiger partial charge in [0, 0.05) is 13.1 Å². The fraction of sp³-hybridized carbons (Fsp3) is 0.467. The molecule has 0 spiro atoms. The van der Waals surface area contributed by atoms with Crippen molar-refractivity contribution in [3.05, 3.63) is 29.8 Å². The lowest BCUT2D eigenvalue weighted by Gasteiger charge is -2.14. The highest BCUT2D eigenvalue weighted by atomic mass is 16.5. The summed E-state index contributed by atoms with van der Waals surface area (Å²) < 4.78 is 5.49. The lowest BCUT2D eigenvalue weighted by molar-refractivity contribution is -0.126.